The van der Waals surface area contributed by atoms with Gasteiger partial charge in [0.1, 0.15) is 5.92 Å². The van der Waals surface area contributed by atoms with Crippen molar-refractivity contribution in [3.63, 3.8) is 0 Å². The summed E-state index contributed by atoms with van der Waals surface area (Å²) in [7, 11) is 0. The third kappa shape index (κ3) is 3.19. The molecule has 1 aliphatic heterocycles. The zero-order valence-electron chi connectivity index (χ0n) is 8.74. The molecule has 0 saturated carbocycles. The van der Waals surface area contributed by atoms with Crippen LogP contribution in [-0.2, 0) is 9.59 Å². The second-order valence-corrected chi connectivity index (χ2v) is 3.77. The quantitative estimate of drug-likeness (QED) is 0.528. The van der Waals surface area contributed by atoms with Gasteiger partial charge in [0.2, 0.25) is 11.8 Å². The van der Waals surface area contributed by atoms with Gasteiger partial charge in [-0.3, -0.25) is 20.2 Å². The summed E-state index contributed by atoms with van der Waals surface area (Å²) < 4.78 is 0. The smallest absolute Gasteiger partial charge is 0.277 e. The minimum atomic E-state index is -0.794. The van der Waals surface area contributed by atoms with E-state index in [4.69, 9.17) is 0 Å². The van der Waals surface area contributed by atoms with E-state index in [-0.39, 0.29) is 0 Å². The zero-order valence-corrected chi connectivity index (χ0v) is 8.74. The second kappa shape index (κ2) is 4.72. The number of imide groups is 2. The molecular formula is C10H14N2O3. The number of hydrogen-bond donors (Lipinski definition) is 2. The van der Waals surface area contributed by atoms with Crippen molar-refractivity contribution in [1.29, 1.82) is 0 Å². The van der Waals surface area contributed by atoms with Gasteiger partial charge in [0.05, 0.1) is 0 Å². The normalized spacial score (nSPS) is 18.5. The van der Waals surface area contributed by atoms with Gasteiger partial charge in [0.25, 0.3) is 0 Å². The summed E-state index contributed by atoms with van der Waals surface area (Å²) in [6, 6.07) is -0.742. The molecular weight excluding hydrogens is 196 g/mol. The Kier molecular flexibility index (Phi) is 3.60. The number of barbiturate groups is 1. The highest BCUT2D eigenvalue weighted by Crippen LogP contribution is 2.09. The maximum Gasteiger partial charge on any atom is 0.328 e. The van der Waals surface area contributed by atoms with Gasteiger partial charge in [-0.15, -0.1) is 0 Å². The highest BCUT2D eigenvalue weighted by molar-refractivity contribution is 6.16. The van der Waals surface area contributed by atoms with Crippen LogP contribution in [0.1, 0.15) is 20.3 Å². The van der Waals surface area contributed by atoms with Gasteiger partial charge in [-0.05, 0) is 12.3 Å². The molecule has 4 amide bonds. The first-order chi connectivity index (χ1) is 7.00. The lowest BCUT2D eigenvalue weighted by atomic mass is 10.0. The van der Waals surface area contributed by atoms with Crippen LogP contribution in [0, 0.1) is 11.8 Å². The maximum absolute atomic E-state index is 11.3. The van der Waals surface area contributed by atoms with Gasteiger partial charge in [-0.2, -0.15) is 0 Å². The number of amides is 4. The molecule has 0 aromatic rings. The summed E-state index contributed by atoms with van der Waals surface area (Å²) in [5.74, 6) is -1.48. The Hall–Kier alpha value is -1.65. The van der Waals surface area contributed by atoms with Crippen LogP contribution < -0.4 is 10.6 Å². The van der Waals surface area contributed by atoms with Gasteiger partial charge in [-0.25, -0.2) is 4.79 Å². The van der Waals surface area contributed by atoms with Crippen molar-refractivity contribution in [3.8, 4) is 0 Å². The molecule has 1 rings (SSSR count). The number of carbonyl (C=O) groups excluding carboxylic acids is 3. The van der Waals surface area contributed by atoms with Crippen molar-refractivity contribution >= 4 is 17.8 Å². The minimum Gasteiger partial charge on any atom is -0.277 e. The summed E-state index contributed by atoms with van der Waals surface area (Å²) in [5, 5.41) is 4.11. The van der Waals surface area contributed by atoms with Crippen LogP contribution in [0.3, 0.4) is 0 Å². The van der Waals surface area contributed by atoms with Crippen molar-refractivity contribution in [1.82, 2.24) is 10.6 Å². The number of urea groups is 1. The molecule has 1 saturated heterocycles. The minimum absolute atomic E-state index is 0.323. The number of carbonyl (C=O) groups is 3. The van der Waals surface area contributed by atoms with E-state index in [1.165, 1.54) is 0 Å². The summed E-state index contributed by atoms with van der Waals surface area (Å²) in [6.07, 6.45) is 4.02. The second-order valence-electron chi connectivity index (χ2n) is 3.77. The lowest BCUT2D eigenvalue weighted by molar-refractivity contribution is -0.135. The van der Waals surface area contributed by atoms with Crippen LogP contribution >= 0.6 is 0 Å². The molecule has 1 fully saturated rings. The zero-order chi connectivity index (χ0) is 11.4. The fraction of sp³-hybridized carbons (Fsp3) is 0.500. The van der Waals surface area contributed by atoms with Crippen LogP contribution in [0.5, 0.6) is 0 Å². The average Bonchev–Trinajstić information content (AvgIpc) is 2.08. The maximum atomic E-state index is 11.3. The largest absolute Gasteiger partial charge is 0.328 e. The molecule has 5 nitrogen and oxygen atoms in total. The molecule has 0 atom stereocenters. The molecule has 82 valence electrons. The first-order valence-corrected chi connectivity index (χ1v) is 4.83. The van der Waals surface area contributed by atoms with Gasteiger partial charge in [0, 0.05) is 0 Å². The lowest BCUT2D eigenvalue weighted by Crippen LogP contribution is -2.55. The van der Waals surface area contributed by atoms with Crippen molar-refractivity contribution < 1.29 is 14.4 Å². The molecule has 0 aromatic carbocycles. The van der Waals surface area contributed by atoms with E-state index in [9.17, 15) is 14.4 Å². The Labute approximate surface area is 87.9 Å². The van der Waals surface area contributed by atoms with Crippen LogP contribution in [0.25, 0.3) is 0 Å². The van der Waals surface area contributed by atoms with E-state index >= 15 is 0 Å². The highest BCUT2D eigenvalue weighted by Gasteiger charge is 2.32. The van der Waals surface area contributed by atoms with E-state index in [0.717, 1.165) is 0 Å². The number of allylic oxidation sites excluding steroid dienone is 2. The monoisotopic (exact) mass is 210 g/mol. The summed E-state index contributed by atoms with van der Waals surface area (Å²) in [5.41, 5.74) is 0. The van der Waals surface area contributed by atoms with Gasteiger partial charge >= 0.3 is 6.03 Å². The number of hydrogen-bond acceptors (Lipinski definition) is 3. The Morgan fingerprint density at radius 1 is 1.20 bits per heavy atom. The Balaban J connectivity index is 2.57. The third-order valence-corrected chi connectivity index (χ3v) is 2.00. The average molecular weight is 210 g/mol. The van der Waals surface area contributed by atoms with Crippen LogP contribution in [0.15, 0.2) is 12.2 Å². The summed E-state index contributed by atoms with van der Waals surface area (Å²) >= 11 is 0. The van der Waals surface area contributed by atoms with Crippen LogP contribution in [-0.4, -0.2) is 17.8 Å². The highest BCUT2D eigenvalue weighted by atomic mass is 16.2. The molecule has 0 radical (unpaired) electrons. The Morgan fingerprint density at radius 2 is 1.73 bits per heavy atom. The van der Waals surface area contributed by atoms with Crippen molar-refractivity contribution in [2.45, 2.75) is 20.3 Å². The molecule has 5 heteroatoms. The van der Waals surface area contributed by atoms with E-state index < -0.39 is 23.8 Å². The van der Waals surface area contributed by atoms with E-state index in [0.29, 0.717) is 12.3 Å². The van der Waals surface area contributed by atoms with Crippen LogP contribution in [0.2, 0.25) is 0 Å². The first-order valence-electron chi connectivity index (χ1n) is 4.83. The molecule has 0 aromatic heterocycles. The first kappa shape index (κ1) is 11.4. The summed E-state index contributed by atoms with van der Waals surface area (Å²) in [4.78, 5) is 33.3. The predicted molar refractivity (Wildman–Crippen MR) is 53.8 cm³/mol. The Bertz CT molecular complexity index is 301. The molecule has 0 unspecified atom stereocenters. The van der Waals surface area contributed by atoms with Crippen molar-refractivity contribution in [2.24, 2.45) is 11.8 Å². The standard InChI is InChI=1S/C10H14N2O3/c1-6(2)4-3-5-7-8(13)11-10(15)12-9(7)14/h3-4,6-7H,5H2,1-2H3,(H2,11,12,13,14,15). The Morgan fingerprint density at radius 3 is 2.20 bits per heavy atom. The molecule has 2 N–H and O–H groups in total. The molecule has 15 heavy (non-hydrogen) atoms. The third-order valence-electron chi connectivity index (χ3n) is 2.00. The van der Waals surface area contributed by atoms with Crippen LogP contribution in [0.4, 0.5) is 4.79 Å². The fourth-order valence-electron chi connectivity index (χ4n) is 1.25. The number of nitrogens with one attached hydrogen (secondary N) is 2. The number of rotatable bonds is 3. The summed E-state index contributed by atoms with van der Waals surface area (Å²) in [6.45, 7) is 4.00. The van der Waals surface area contributed by atoms with Gasteiger partial charge in [-0.1, -0.05) is 26.0 Å². The van der Waals surface area contributed by atoms with E-state index in [2.05, 4.69) is 10.6 Å². The fourth-order valence-corrected chi connectivity index (χ4v) is 1.25. The van der Waals surface area contributed by atoms with E-state index in [1.54, 1.807) is 6.08 Å². The molecule has 0 bridgehead atoms. The van der Waals surface area contributed by atoms with Crippen molar-refractivity contribution in [2.75, 3.05) is 0 Å². The molecule has 0 spiro atoms. The molecule has 1 aliphatic rings. The predicted octanol–water partition coefficient (Wildman–Crippen LogP) is 0.571. The SMILES string of the molecule is CC(C)C=CCC1C(=O)NC(=O)NC1=O. The topological polar surface area (TPSA) is 75.3 Å². The molecule has 1 heterocycles. The van der Waals surface area contributed by atoms with E-state index in [1.807, 2.05) is 19.9 Å². The molecule has 0 aliphatic carbocycles. The van der Waals surface area contributed by atoms with Crippen molar-refractivity contribution in [3.05, 3.63) is 12.2 Å². The lowest BCUT2D eigenvalue weighted by Gasteiger charge is -2.19. The van der Waals surface area contributed by atoms with Gasteiger partial charge in [0.15, 0.2) is 0 Å². The van der Waals surface area contributed by atoms with Gasteiger partial charge < -0.3 is 0 Å².